The van der Waals surface area contributed by atoms with Gasteiger partial charge in [-0.05, 0) is 24.3 Å². The fourth-order valence-corrected chi connectivity index (χ4v) is 2.14. The highest BCUT2D eigenvalue weighted by Gasteiger charge is 2.03. The van der Waals surface area contributed by atoms with Gasteiger partial charge in [-0.25, -0.2) is 4.79 Å². The normalized spacial score (nSPS) is 10.7. The predicted octanol–water partition coefficient (Wildman–Crippen LogP) is 3.49. The van der Waals surface area contributed by atoms with Gasteiger partial charge in [-0.15, -0.1) is 0 Å². The molecule has 0 fully saturated rings. The van der Waals surface area contributed by atoms with Crippen LogP contribution in [0.25, 0.3) is 11.0 Å². The van der Waals surface area contributed by atoms with Crippen molar-refractivity contribution in [2.75, 3.05) is 0 Å². The third-order valence-electron chi connectivity index (χ3n) is 1.91. The Morgan fingerprint density at radius 2 is 2.14 bits per heavy atom. The van der Waals surface area contributed by atoms with Gasteiger partial charge in [0.15, 0.2) is 0 Å². The monoisotopic (exact) mass is 364 g/mol. The van der Waals surface area contributed by atoms with E-state index in [1.165, 1.54) is 0 Å². The summed E-state index contributed by atoms with van der Waals surface area (Å²) in [6.45, 7) is 0. The molecule has 14 heavy (non-hydrogen) atoms. The average molecular weight is 365 g/mol. The lowest BCUT2D eigenvalue weighted by Gasteiger charge is -1.99. The van der Waals surface area contributed by atoms with Crippen molar-refractivity contribution in [1.82, 2.24) is 0 Å². The SMILES string of the molecule is O=c1oc2ccc(Br)cc2cc1CI. The minimum absolute atomic E-state index is 0.241. The Hall–Kier alpha value is -0.360. The third kappa shape index (κ3) is 1.86. The van der Waals surface area contributed by atoms with Gasteiger partial charge in [0, 0.05) is 19.8 Å². The van der Waals surface area contributed by atoms with Crippen LogP contribution in [0.1, 0.15) is 5.56 Å². The predicted molar refractivity (Wildman–Crippen MR) is 67.9 cm³/mol. The maximum absolute atomic E-state index is 11.4. The van der Waals surface area contributed by atoms with Crippen molar-refractivity contribution in [3.8, 4) is 0 Å². The van der Waals surface area contributed by atoms with Crippen molar-refractivity contribution in [2.45, 2.75) is 4.43 Å². The van der Waals surface area contributed by atoms with E-state index < -0.39 is 0 Å². The number of hydrogen-bond donors (Lipinski definition) is 0. The maximum Gasteiger partial charge on any atom is 0.340 e. The van der Waals surface area contributed by atoms with E-state index in [0.717, 1.165) is 9.86 Å². The van der Waals surface area contributed by atoms with Gasteiger partial charge in [0.1, 0.15) is 5.58 Å². The highest BCUT2D eigenvalue weighted by Crippen LogP contribution is 2.19. The molecule has 0 aliphatic carbocycles. The second kappa shape index (κ2) is 4.02. The molecule has 0 bridgehead atoms. The van der Waals surface area contributed by atoms with E-state index in [2.05, 4.69) is 38.5 Å². The Bertz CT molecular complexity index is 533. The van der Waals surface area contributed by atoms with E-state index in [9.17, 15) is 4.79 Å². The molecule has 0 N–H and O–H groups in total. The van der Waals surface area contributed by atoms with E-state index in [1.807, 2.05) is 18.2 Å². The molecule has 0 aliphatic rings. The van der Waals surface area contributed by atoms with Crippen LogP contribution >= 0.6 is 38.5 Å². The molecule has 0 spiro atoms. The zero-order valence-electron chi connectivity index (χ0n) is 7.09. The second-order valence-corrected chi connectivity index (χ2v) is 4.55. The van der Waals surface area contributed by atoms with Crippen molar-refractivity contribution in [2.24, 2.45) is 0 Å². The van der Waals surface area contributed by atoms with Crippen LogP contribution in [-0.4, -0.2) is 0 Å². The van der Waals surface area contributed by atoms with Gasteiger partial charge in [0.2, 0.25) is 0 Å². The lowest BCUT2D eigenvalue weighted by atomic mass is 10.2. The first-order valence-electron chi connectivity index (χ1n) is 3.99. The number of halogens is 2. The van der Waals surface area contributed by atoms with E-state index >= 15 is 0 Å². The molecular weight excluding hydrogens is 359 g/mol. The summed E-state index contributed by atoms with van der Waals surface area (Å²) in [5.74, 6) is 0. The highest BCUT2D eigenvalue weighted by atomic mass is 127. The molecule has 0 atom stereocenters. The number of benzene rings is 1. The molecule has 0 radical (unpaired) electrons. The molecule has 0 saturated heterocycles. The van der Waals surface area contributed by atoms with Gasteiger partial charge in [0.05, 0.1) is 0 Å². The van der Waals surface area contributed by atoms with Gasteiger partial charge < -0.3 is 4.42 Å². The second-order valence-electron chi connectivity index (χ2n) is 2.87. The first kappa shape index (κ1) is 10.2. The molecule has 1 aromatic carbocycles. The zero-order chi connectivity index (χ0) is 10.1. The Kier molecular flexibility index (Phi) is 2.92. The molecule has 1 aromatic heterocycles. The first-order valence-corrected chi connectivity index (χ1v) is 6.31. The summed E-state index contributed by atoms with van der Waals surface area (Å²) in [7, 11) is 0. The summed E-state index contributed by atoms with van der Waals surface area (Å²) in [6, 6.07) is 7.46. The van der Waals surface area contributed by atoms with E-state index in [-0.39, 0.29) is 5.63 Å². The topological polar surface area (TPSA) is 30.2 Å². The number of rotatable bonds is 1. The standard InChI is InChI=1S/C10H6BrIO2/c11-8-1-2-9-6(4-8)3-7(5-12)10(13)14-9/h1-4H,5H2. The van der Waals surface area contributed by atoms with Gasteiger partial charge >= 0.3 is 5.63 Å². The van der Waals surface area contributed by atoms with Crippen LogP contribution < -0.4 is 5.63 Å². The summed E-state index contributed by atoms with van der Waals surface area (Å²) in [4.78, 5) is 11.4. The van der Waals surface area contributed by atoms with Crippen LogP contribution in [0.2, 0.25) is 0 Å². The molecule has 72 valence electrons. The summed E-state index contributed by atoms with van der Waals surface area (Å²) in [5, 5.41) is 0.950. The highest BCUT2D eigenvalue weighted by molar-refractivity contribution is 14.1. The molecule has 0 saturated carbocycles. The van der Waals surface area contributed by atoms with Crippen LogP contribution in [-0.2, 0) is 4.43 Å². The van der Waals surface area contributed by atoms with Crippen LogP contribution in [0.5, 0.6) is 0 Å². The quantitative estimate of drug-likeness (QED) is 0.440. The van der Waals surface area contributed by atoms with E-state index in [1.54, 1.807) is 6.07 Å². The molecule has 2 aromatic rings. The molecule has 4 heteroatoms. The maximum atomic E-state index is 11.4. The molecule has 0 unspecified atom stereocenters. The Labute approximate surface area is 103 Å². The van der Waals surface area contributed by atoms with E-state index in [4.69, 9.17) is 4.42 Å². The van der Waals surface area contributed by atoms with Crippen LogP contribution in [0.3, 0.4) is 0 Å². The zero-order valence-corrected chi connectivity index (χ0v) is 10.8. The third-order valence-corrected chi connectivity index (χ3v) is 3.23. The van der Waals surface area contributed by atoms with Crippen molar-refractivity contribution < 1.29 is 4.42 Å². The first-order chi connectivity index (χ1) is 6.70. The Morgan fingerprint density at radius 3 is 2.86 bits per heavy atom. The largest absolute Gasteiger partial charge is 0.423 e. The molecule has 0 aliphatic heterocycles. The number of hydrogen-bond acceptors (Lipinski definition) is 2. The van der Waals surface area contributed by atoms with Crippen LogP contribution in [0.15, 0.2) is 37.9 Å². The fourth-order valence-electron chi connectivity index (χ4n) is 1.23. The van der Waals surface area contributed by atoms with Crippen molar-refractivity contribution in [3.63, 3.8) is 0 Å². The summed E-state index contributed by atoms with van der Waals surface area (Å²) >= 11 is 5.52. The van der Waals surface area contributed by atoms with Crippen LogP contribution in [0, 0.1) is 0 Å². The van der Waals surface area contributed by atoms with Crippen molar-refractivity contribution >= 4 is 49.5 Å². The van der Waals surface area contributed by atoms with Gasteiger partial charge in [-0.2, -0.15) is 0 Å². The smallest absolute Gasteiger partial charge is 0.340 e. The Balaban J connectivity index is 2.80. The molecule has 0 amide bonds. The van der Waals surface area contributed by atoms with Crippen molar-refractivity contribution in [1.29, 1.82) is 0 Å². The molecule has 1 heterocycles. The molecule has 2 rings (SSSR count). The van der Waals surface area contributed by atoms with E-state index in [0.29, 0.717) is 15.6 Å². The Morgan fingerprint density at radius 1 is 1.36 bits per heavy atom. The number of alkyl halides is 1. The van der Waals surface area contributed by atoms with Crippen molar-refractivity contribution in [3.05, 3.63) is 44.7 Å². The fraction of sp³-hybridized carbons (Fsp3) is 0.100. The minimum Gasteiger partial charge on any atom is -0.423 e. The average Bonchev–Trinajstić information content (AvgIpc) is 2.17. The minimum atomic E-state index is -0.241. The lowest BCUT2D eigenvalue weighted by Crippen LogP contribution is -2.04. The lowest BCUT2D eigenvalue weighted by molar-refractivity contribution is 0.555. The van der Waals surface area contributed by atoms with Gasteiger partial charge in [0.25, 0.3) is 0 Å². The summed E-state index contributed by atoms with van der Waals surface area (Å²) in [5.41, 5.74) is 1.09. The molecular formula is C10H6BrIO2. The number of fused-ring (bicyclic) bond motifs is 1. The summed E-state index contributed by atoms with van der Waals surface area (Å²) < 4.78 is 6.81. The summed E-state index contributed by atoms with van der Waals surface area (Å²) in [6.07, 6.45) is 0. The van der Waals surface area contributed by atoms with Gasteiger partial charge in [-0.3, -0.25) is 0 Å². The van der Waals surface area contributed by atoms with Crippen LogP contribution in [0.4, 0.5) is 0 Å². The molecule has 2 nitrogen and oxygen atoms in total. The van der Waals surface area contributed by atoms with Gasteiger partial charge in [-0.1, -0.05) is 38.5 Å².